The van der Waals surface area contributed by atoms with Crippen LogP contribution in [0.4, 0.5) is 0 Å². The van der Waals surface area contributed by atoms with Crippen molar-refractivity contribution in [1.29, 1.82) is 0 Å². The Hall–Kier alpha value is -0.0800. The molecule has 1 N–H and O–H groups in total. The minimum atomic E-state index is 0.709. The third kappa shape index (κ3) is 4.75. The molecule has 1 aliphatic heterocycles. The number of unbranched alkanes of at least 4 members (excludes halogenated alkanes) is 1. The largest absolute Gasteiger partial charge is 0.314 e. The zero-order chi connectivity index (χ0) is 13.5. The Morgan fingerprint density at radius 3 is 2.84 bits per heavy atom. The maximum Gasteiger partial charge on any atom is 0.0123 e. The van der Waals surface area contributed by atoms with Crippen molar-refractivity contribution in [2.45, 2.75) is 83.7 Å². The van der Waals surface area contributed by atoms with E-state index < -0.39 is 0 Å². The van der Waals surface area contributed by atoms with E-state index >= 15 is 0 Å². The molecule has 1 heterocycles. The van der Waals surface area contributed by atoms with Crippen molar-refractivity contribution < 1.29 is 0 Å². The molecule has 1 saturated carbocycles. The molecule has 2 heteroatoms. The maximum absolute atomic E-state index is 3.59. The summed E-state index contributed by atoms with van der Waals surface area (Å²) >= 11 is 0. The van der Waals surface area contributed by atoms with Gasteiger partial charge in [-0.1, -0.05) is 19.8 Å². The van der Waals surface area contributed by atoms with Gasteiger partial charge in [-0.05, 0) is 77.4 Å². The van der Waals surface area contributed by atoms with Crippen LogP contribution >= 0.6 is 0 Å². The molecule has 2 fully saturated rings. The summed E-state index contributed by atoms with van der Waals surface area (Å²) in [5.74, 6) is 1.05. The van der Waals surface area contributed by atoms with Gasteiger partial charge in [-0.25, -0.2) is 0 Å². The van der Waals surface area contributed by atoms with Crippen LogP contribution in [-0.4, -0.2) is 36.6 Å². The molecule has 1 aliphatic carbocycles. The van der Waals surface area contributed by atoms with Crippen molar-refractivity contribution in [1.82, 2.24) is 10.2 Å². The third-order valence-electron chi connectivity index (χ3n) is 5.18. The maximum atomic E-state index is 3.59. The van der Waals surface area contributed by atoms with Gasteiger partial charge in [0.15, 0.2) is 0 Å². The van der Waals surface area contributed by atoms with Crippen LogP contribution in [0.2, 0.25) is 0 Å². The van der Waals surface area contributed by atoms with Gasteiger partial charge in [0, 0.05) is 12.1 Å². The van der Waals surface area contributed by atoms with Gasteiger partial charge in [-0.15, -0.1) is 0 Å². The molecule has 1 saturated heterocycles. The standard InChI is InChI=1S/C17H34N2/c1-3-12-18-15(2)8-4-5-13-19-14-7-10-16-9-6-11-17(16)19/h15-18H,3-14H2,1-2H3. The van der Waals surface area contributed by atoms with Crippen molar-refractivity contribution in [2.75, 3.05) is 19.6 Å². The molecule has 3 unspecified atom stereocenters. The molecular weight excluding hydrogens is 232 g/mol. The van der Waals surface area contributed by atoms with E-state index in [0.29, 0.717) is 6.04 Å². The molecule has 0 bridgehead atoms. The van der Waals surface area contributed by atoms with Crippen molar-refractivity contribution in [3.05, 3.63) is 0 Å². The number of likely N-dealkylation sites (tertiary alicyclic amines) is 1. The normalized spacial score (nSPS) is 29.4. The van der Waals surface area contributed by atoms with Gasteiger partial charge >= 0.3 is 0 Å². The van der Waals surface area contributed by atoms with E-state index in [-0.39, 0.29) is 0 Å². The highest BCUT2D eigenvalue weighted by atomic mass is 15.2. The number of fused-ring (bicyclic) bond motifs is 1. The van der Waals surface area contributed by atoms with Crippen LogP contribution in [-0.2, 0) is 0 Å². The van der Waals surface area contributed by atoms with E-state index in [4.69, 9.17) is 0 Å². The smallest absolute Gasteiger partial charge is 0.0123 e. The monoisotopic (exact) mass is 266 g/mol. The number of hydrogen-bond acceptors (Lipinski definition) is 2. The summed E-state index contributed by atoms with van der Waals surface area (Å²) in [7, 11) is 0. The fourth-order valence-corrected chi connectivity index (χ4v) is 4.09. The van der Waals surface area contributed by atoms with Crippen molar-refractivity contribution in [2.24, 2.45) is 5.92 Å². The number of hydrogen-bond donors (Lipinski definition) is 1. The molecule has 112 valence electrons. The minimum absolute atomic E-state index is 0.709. The zero-order valence-electron chi connectivity index (χ0n) is 13.2. The second kappa shape index (κ2) is 8.26. The number of nitrogens with one attached hydrogen (secondary N) is 1. The van der Waals surface area contributed by atoms with E-state index in [1.54, 1.807) is 0 Å². The highest BCUT2D eigenvalue weighted by Crippen LogP contribution is 2.36. The van der Waals surface area contributed by atoms with Crippen LogP contribution in [0.5, 0.6) is 0 Å². The van der Waals surface area contributed by atoms with Gasteiger partial charge in [-0.3, -0.25) is 0 Å². The SMILES string of the molecule is CCCNC(C)CCCCN1CCCC2CCCC21. The molecule has 3 atom stereocenters. The summed E-state index contributed by atoms with van der Waals surface area (Å²) in [5.41, 5.74) is 0. The molecule has 0 aromatic heterocycles. The predicted molar refractivity (Wildman–Crippen MR) is 83.5 cm³/mol. The Labute approximate surface area is 120 Å². The quantitative estimate of drug-likeness (QED) is 0.672. The molecule has 2 rings (SSSR count). The minimum Gasteiger partial charge on any atom is -0.314 e. The summed E-state index contributed by atoms with van der Waals surface area (Å²) < 4.78 is 0. The molecule has 0 spiro atoms. The van der Waals surface area contributed by atoms with Gasteiger partial charge < -0.3 is 10.2 Å². The molecule has 19 heavy (non-hydrogen) atoms. The fraction of sp³-hybridized carbons (Fsp3) is 1.00. The molecule has 0 aromatic rings. The first-order chi connectivity index (χ1) is 9.31. The molecule has 2 nitrogen and oxygen atoms in total. The van der Waals surface area contributed by atoms with Crippen molar-refractivity contribution in [3.63, 3.8) is 0 Å². The second-order valence-electron chi connectivity index (χ2n) is 6.79. The molecule has 0 aromatic carbocycles. The average Bonchev–Trinajstić information content (AvgIpc) is 2.90. The summed E-state index contributed by atoms with van der Waals surface area (Å²) in [4.78, 5) is 2.82. The Morgan fingerprint density at radius 2 is 2.00 bits per heavy atom. The zero-order valence-corrected chi connectivity index (χ0v) is 13.2. The highest BCUT2D eigenvalue weighted by Gasteiger charge is 2.34. The van der Waals surface area contributed by atoms with E-state index in [2.05, 4.69) is 24.1 Å². The first kappa shape index (κ1) is 15.3. The van der Waals surface area contributed by atoms with E-state index in [1.165, 1.54) is 77.4 Å². The molecular formula is C17H34N2. The van der Waals surface area contributed by atoms with Gasteiger partial charge in [0.05, 0.1) is 0 Å². The van der Waals surface area contributed by atoms with E-state index in [1.807, 2.05) is 0 Å². The predicted octanol–water partition coefficient (Wildman–Crippen LogP) is 3.81. The first-order valence-corrected chi connectivity index (χ1v) is 8.78. The number of nitrogens with zero attached hydrogens (tertiary/aromatic N) is 1. The third-order valence-corrected chi connectivity index (χ3v) is 5.18. The Bertz CT molecular complexity index is 241. The van der Waals surface area contributed by atoms with Crippen LogP contribution in [0.3, 0.4) is 0 Å². The lowest BCUT2D eigenvalue weighted by Gasteiger charge is -2.37. The summed E-state index contributed by atoms with van der Waals surface area (Å²) in [6, 6.07) is 1.67. The second-order valence-corrected chi connectivity index (χ2v) is 6.79. The topological polar surface area (TPSA) is 15.3 Å². The lowest BCUT2D eigenvalue weighted by Crippen LogP contribution is -2.42. The van der Waals surface area contributed by atoms with Crippen LogP contribution < -0.4 is 5.32 Å². The lowest BCUT2D eigenvalue weighted by molar-refractivity contribution is 0.111. The Morgan fingerprint density at radius 1 is 1.16 bits per heavy atom. The first-order valence-electron chi connectivity index (χ1n) is 8.78. The fourth-order valence-electron chi connectivity index (χ4n) is 4.09. The molecule has 0 amide bonds. The van der Waals surface area contributed by atoms with Crippen molar-refractivity contribution >= 4 is 0 Å². The van der Waals surface area contributed by atoms with Crippen LogP contribution in [0, 0.1) is 5.92 Å². The van der Waals surface area contributed by atoms with E-state index in [9.17, 15) is 0 Å². The van der Waals surface area contributed by atoms with Crippen molar-refractivity contribution in [3.8, 4) is 0 Å². The Kier molecular flexibility index (Phi) is 6.66. The average molecular weight is 266 g/mol. The van der Waals surface area contributed by atoms with Crippen LogP contribution in [0.25, 0.3) is 0 Å². The van der Waals surface area contributed by atoms with Crippen LogP contribution in [0.1, 0.15) is 71.6 Å². The van der Waals surface area contributed by atoms with Crippen LogP contribution in [0.15, 0.2) is 0 Å². The summed E-state index contributed by atoms with van der Waals surface area (Å²) in [6.45, 7) is 8.50. The summed E-state index contributed by atoms with van der Waals surface area (Å²) in [5, 5.41) is 3.59. The van der Waals surface area contributed by atoms with E-state index in [0.717, 1.165) is 12.0 Å². The Balaban J connectivity index is 1.57. The van der Waals surface area contributed by atoms with Gasteiger partial charge in [0.1, 0.15) is 0 Å². The van der Waals surface area contributed by atoms with Gasteiger partial charge in [0.25, 0.3) is 0 Å². The molecule has 0 radical (unpaired) electrons. The van der Waals surface area contributed by atoms with Gasteiger partial charge in [0.2, 0.25) is 0 Å². The molecule has 2 aliphatic rings. The number of rotatable bonds is 8. The number of piperidine rings is 1. The van der Waals surface area contributed by atoms with Gasteiger partial charge in [-0.2, -0.15) is 0 Å². The summed E-state index contributed by atoms with van der Waals surface area (Å²) in [6.07, 6.45) is 12.9. The lowest BCUT2D eigenvalue weighted by atomic mass is 9.92. The highest BCUT2D eigenvalue weighted by molar-refractivity contribution is 4.88.